The summed E-state index contributed by atoms with van der Waals surface area (Å²) < 4.78 is 6.24. The van der Waals surface area contributed by atoms with Crippen molar-refractivity contribution >= 4 is 5.91 Å². The molecule has 33 heavy (non-hydrogen) atoms. The Balaban J connectivity index is 1.20. The highest BCUT2D eigenvalue weighted by Crippen LogP contribution is 2.21. The highest BCUT2D eigenvalue weighted by molar-refractivity contribution is 5.94. The van der Waals surface area contributed by atoms with Gasteiger partial charge in [0.25, 0.3) is 5.91 Å². The highest BCUT2D eigenvalue weighted by atomic mass is 16.5. The van der Waals surface area contributed by atoms with Crippen molar-refractivity contribution in [2.75, 3.05) is 53.4 Å². The number of piperidine rings is 2. The molecule has 2 aliphatic rings. The molecule has 2 saturated heterocycles. The Bertz CT molecular complexity index is 862. The van der Waals surface area contributed by atoms with Crippen LogP contribution in [0.5, 0.6) is 5.75 Å². The summed E-state index contributed by atoms with van der Waals surface area (Å²) in [6.07, 6.45) is 5.89. The van der Waals surface area contributed by atoms with Crippen LogP contribution in [-0.2, 0) is 6.42 Å². The predicted octanol–water partition coefficient (Wildman–Crippen LogP) is 4.19. The summed E-state index contributed by atoms with van der Waals surface area (Å²) in [5, 5.41) is 0. The standard InChI is InChI=1S/C28H39N3O2/c1-29-17-6-9-24(21-29)22-30(2)28(32)25-10-12-26(13-11-25)33-27-15-19-31(20-16-27)18-14-23-7-4-3-5-8-23/h3-5,7-8,10-13,24,27H,6,9,14-22H2,1-2H3/t24-/m0/s1. The van der Waals surface area contributed by atoms with Crippen molar-refractivity contribution in [2.45, 2.75) is 38.2 Å². The van der Waals surface area contributed by atoms with E-state index in [1.165, 1.54) is 24.9 Å². The Morgan fingerprint density at radius 3 is 2.42 bits per heavy atom. The fraction of sp³-hybridized carbons (Fsp3) is 0.536. The van der Waals surface area contributed by atoms with E-state index in [-0.39, 0.29) is 12.0 Å². The summed E-state index contributed by atoms with van der Waals surface area (Å²) >= 11 is 0. The van der Waals surface area contributed by atoms with Gasteiger partial charge in [0.15, 0.2) is 0 Å². The molecule has 1 amide bonds. The smallest absolute Gasteiger partial charge is 0.253 e. The molecule has 178 valence electrons. The molecule has 0 radical (unpaired) electrons. The zero-order chi connectivity index (χ0) is 23.0. The molecule has 2 fully saturated rings. The Morgan fingerprint density at radius 2 is 1.73 bits per heavy atom. The second-order valence-electron chi connectivity index (χ2n) is 9.87. The highest BCUT2D eigenvalue weighted by Gasteiger charge is 2.22. The number of ether oxygens (including phenoxy) is 1. The molecule has 5 nitrogen and oxygen atoms in total. The van der Waals surface area contributed by atoms with Crippen LogP contribution in [0.1, 0.15) is 41.6 Å². The van der Waals surface area contributed by atoms with Gasteiger partial charge >= 0.3 is 0 Å². The molecular formula is C28H39N3O2. The van der Waals surface area contributed by atoms with Crippen molar-refractivity contribution in [2.24, 2.45) is 5.92 Å². The van der Waals surface area contributed by atoms with Crippen LogP contribution in [0.25, 0.3) is 0 Å². The van der Waals surface area contributed by atoms with Crippen molar-refractivity contribution in [3.63, 3.8) is 0 Å². The largest absolute Gasteiger partial charge is 0.490 e. The zero-order valence-electron chi connectivity index (χ0n) is 20.3. The number of amides is 1. The summed E-state index contributed by atoms with van der Waals surface area (Å²) in [5.74, 6) is 1.53. The van der Waals surface area contributed by atoms with Crippen LogP contribution in [0.3, 0.4) is 0 Å². The van der Waals surface area contributed by atoms with Crippen LogP contribution in [0, 0.1) is 5.92 Å². The first-order valence-corrected chi connectivity index (χ1v) is 12.5. The number of carbonyl (C=O) groups is 1. The summed E-state index contributed by atoms with van der Waals surface area (Å²) in [7, 11) is 4.09. The van der Waals surface area contributed by atoms with Gasteiger partial charge in [-0.1, -0.05) is 30.3 Å². The number of rotatable bonds is 8. The molecule has 1 atom stereocenters. The Labute approximate surface area is 199 Å². The van der Waals surface area contributed by atoms with Gasteiger partial charge in [0.1, 0.15) is 11.9 Å². The molecule has 0 unspecified atom stereocenters. The number of carbonyl (C=O) groups excluding carboxylic acids is 1. The molecule has 5 heteroatoms. The quantitative estimate of drug-likeness (QED) is 0.606. The first-order valence-electron chi connectivity index (χ1n) is 12.5. The van der Waals surface area contributed by atoms with E-state index in [1.54, 1.807) is 0 Å². The lowest BCUT2D eigenvalue weighted by molar-refractivity contribution is 0.0740. The minimum Gasteiger partial charge on any atom is -0.490 e. The minimum atomic E-state index is 0.0986. The molecule has 0 aromatic heterocycles. The van der Waals surface area contributed by atoms with Gasteiger partial charge < -0.3 is 19.4 Å². The van der Waals surface area contributed by atoms with E-state index in [2.05, 4.69) is 47.2 Å². The molecule has 0 N–H and O–H groups in total. The second kappa shape index (κ2) is 11.7. The van der Waals surface area contributed by atoms with E-state index in [1.807, 2.05) is 36.2 Å². The van der Waals surface area contributed by atoms with E-state index in [9.17, 15) is 4.79 Å². The summed E-state index contributed by atoms with van der Waals surface area (Å²) in [5.41, 5.74) is 2.15. The number of likely N-dealkylation sites (tertiary alicyclic amines) is 2. The van der Waals surface area contributed by atoms with Gasteiger partial charge in [0, 0.05) is 45.3 Å². The van der Waals surface area contributed by atoms with E-state index in [0.29, 0.717) is 5.92 Å². The van der Waals surface area contributed by atoms with Crippen LogP contribution in [-0.4, -0.2) is 80.1 Å². The Morgan fingerprint density at radius 1 is 1.00 bits per heavy atom. The maximum Gasteiger partial charge on any atom is 0.253 e. The third kappa shape index (κ3) is 7.05. The molecule has 2 heterocycles. The molecule has 4 rings (SSSR count). The fourth-order valence-corrected chi connectivity index (χ4v) is 5.16. The molecular weight excluding hydrogens is 410 g/mol. The normalized spacial score (nSPS) is 20.5. The third-order valence-corrected chi connectivity index (χ3v) is 7.10. The Hall–Kier alpha value is -2.37. The summed E-state index contributed by atoms with van der Waals surface area (Å²) in [4.78, 5) is 19.7. The third-order valence-electron chi connectivity index (χ3n) is 7.10. The van der Waals surface area contributed by atoms with E-state index < -0.39 is 0 Å². The van der Waals surface area contributed by atoms with Crippen LogP contribution >= 0.6 is 0 Å². The average molecular weight is 450 g/mol. The van der Waals surface area contributed by atoms with Crippen molar-refractivity contribution in [1.29, 1.82) is 0 Å². The summed E-state index contributed by atoms with van der Waals surface area (Å²) in [6.45, 7) is 6.34. The molecule has 0 bridgehead atoms. The summed E-state index contributed by atoms with van der Waals surface area (Å²) in [6, 6.07) is 18.4. The van der Waals surface area contributed by atoms with Crippen LogP contribution in [0.2, 0.25) is 0 Å². The van der Waals surface area contributed by atoms with Gasteiger partial charge in [-0.25, -0.2) is 0 Å². The molecule has 2 aliphatic heterocycles. The van der Waals surface area contributed by atoms with E-state index in [4.69, 9.17) is 4.74 Å². The lowest BCUT2D eigenvalue weighted by Crippen LogP contribution is -2.40. The van der Waals surface area contributed by atoms with Gasteiger partial charge in [-0.3, -0.25) is 4.79 Å². The van der Waals surface area contributed by atoms with Crippen molar-refractivity contribution in [3.05, 3.63) is 65.7 Å². The monoisotopic (exact) mass is 449 g/mol. The molecule has 0 saturated carbocycles. The van der Waals surface area contributed by atoms with E-state index >= 15 is 0 Å². The van der Waals surface area contributed by atoms with Crippen LogP contribution in [0.4, 0.5) is 0 Å². The van der Waals surface area contributed by atoms with Gasteiger partial charge in [-0.05, 0) is 81.4 Å². The van der Waals surface area contributed by atoms with Gasteiger partial charge in [-0.2, -0.15) is 0 Å². The number of hydrogen-bond donors (Lipinski definition) is 0. The minimum absolute atomic E-state index is 0.0986. The molecule has 0 aliphatic carbocycles. The van der Waals surface area contributed by atoms with Crippen molar-refractivity contribution in [3.8, 4) is 5.75 Å². The van der Waals surface area contributed by atoms with Crippen LogP contribution in [0.15, 0.2) is 54.6 Å². The fourth-order valence-electron chi connectivity index (χ4n) is 5.16. The predicted molar refractivity (Wildman–Crippen MR) is 134 cm³/mol. The number of hydrogen-bond acceptors (Lipinski definition) is 4. The maximum absolute atomic E-state index is 12.9. The number of benzene rings is 2. The average Bonchev–Trinajstić information content (AvgIpc) is 2.84. The molecule has 2 aromatic rings. The maximum atomic E-state index is 12.9. The second-order valence-corrected chi connectivity index (χ2v) is 9.87. The zero-order valence-corrected chi connectivity index (χ0v) is 20.3. The van der Waals surface area contributed by atoms with Crippen LogP contribution < -0.4 is 4.74 Å². The number of nitrogens with zero attached hydrogens (tertiary/aromatic N) is 3. The van der Waals surface area contributed by atoms with Gasteiger partial charge in [-0.15, -0.1) is 0 Å². The topological polar surface area (TPSA) is 36.0 Å². The van der Waals surface area contributed by atoms with Crippen molar-refractivity contribution < 1.29 is 9.53 Å². The molecule has 2 aromatic carbocycles. The first-order chi connectivity index (χ1) is 16.1. The Kier molecular flexibility index (Phi) is 8.40. The van der Waals surface area contributed by atoms with Gasteiger partial charge in [0.2, 0.25) is 0 Å². The lowest BCUT2D eigenvalue weighted by Gasteiger charge is -2.32. The lowest BCUT2D eigenvalue weighted by atomic mass is 9.98. The first kappa shape index (κ1) is 23.8. The van der Waals surface area contributed by atoms with Crippen molar-refractivity contribution in [1.82, 2.24) is 14.7 Å². The SMILES string of the molecule is CN1CCC[C@H](CN(C)C(=O)c2ccc(OC3CCN(CCc4ccccc4)CC3)cc2)C1. The van der Waals surface area contributed by atoms with E-state index in [0.717, 1.165) is 63.3 Å². The molecule has 0 spiro atoms. The van der Waals surface area contributed by atoms with Gasteiger partial charge in [0.05, 0.1) is 0 Å².